The monoisotopic (exact) mass is 476 g/mol. The minimum Gasteiger partial charge on any atom is -0.342 e. The fourth-order valence-corrected chi connectivity index (χ4v) is 5.05. The maximum Gasteiger partial charge on any atom is 0.239 e. The van der Waals surface area contributed by atoms with E-state index in [2.05, 4.69) is 27.9 Å². The number of piperazine rings is 1. The van der Waals surface area contributed by atoms with Crippen LogP contribution in [-0.4, -0.2) is 85.3 Å². The van der Waals surface area contributed by atoms with Crippen molar-refractivity contribution in [1.29, 1.82) is 0 Å². The third-order valence-electron chi connectivity index (χ3n) is 6.59. The lowest BCUT2D eigenvalue weighted by molar-refractivity contribution is -0.145. The van der Waals surface area contributed by atoms with Gasteiger partial charge in [0.1, 0.15) is 5.92 Å². The molecule has 0 aliphatic carbocycles. The standard InChI is InChI=1S/C22H29BrN4O3/c1-24-11-13-26(14-12-24)20(28)16-5-8-25(9-6-16)21(29)19-7-10-27(22(19)30)18-4-2-3-17(23)15-18/h2-4,15-16,19H,5-14H2,1H3. The Kier molecular flexibility index (Phi) is 6.43. The normalized spacial score (nSPS) is 23.9. The van der Waals surface area contributed by atoms with Crippen molar-refractivity contribution in [2.45, 2.75) is 19.3 Å². The van der Waals surface area contributed by atoms with Crippen LogP contribution < -0.4 is 4.90 Å². The lowest BCUT2D eigenvalue weighted by Gasteiger charge is -2.38. The van der Waals surface area contributed by atoms with Crippen molar-refractivity contribution in [3.63, 3.8) is 0 Å². The summed E-state index contributed by atoms with van der Waals surface area (Å²) in [6, 6.07) is 7.61. The van der Waals surface area contributed by atoms with Crippen LogP contribution in [0.5, 0.6) is 0 Å². The van der Waals surface area contributed by atoms with Crippen LogP contribution in [0.15, 0.2) is 28.7 Å². The van der Waals surface area contributed by atoms with E-state index in [1.165, 1.54) is 0 Å². The second kappa shape index (κ2) is 9.06. The molecule has 30 heavy (non-hydrogen) atoms. The van der Waals surface area contributed by atoms with Gasteiger partial charge in [0.05, 0.1) is 0 Å². The lowest BCUT2D eigenvalue weighted by Crippen LogP contribution is -2.51. The third kappa shape index (κ3) is 4.39. The third-order valence-corrected chi connectivity index (χ3v) is 7.09. The predicted octanol–water partition coefficient (Wildman–Crippen LogP) is 1.81. The molecule has 162 valence electrons. The molecule has 1 aromatic carbocycles. The van der Waals surface area contributed by atoms with Crippen LogP contribution in [0.4, 0.5) is 5.69 Å². The van der Waals surface area contributed by atoms with Crippen molar-refractivity contribution < 1.29 is 14.4 Å². The highest BCUT2D eigenvalue weighted by atomic mass is 79.9. The van der Waals surface area contributed by atoms with Gasteiger partial charge in [0, 0.05) is 61.9 Å². The Bertz CT molecular complexity index is 816. The zero-order chi connectivity index (χ0) is 21.3. The Labute approximate surface area is 186 Å². The number of likely N-dealkylation sites (tertiary alicyclic amines) is 1. The number of carbonyl (C=O) groups excluding carboxylic acids is 3. The van der Waals surface area contributed by atoms with Gasteiger partial charge < -0.3 is 19.6 Å². The van der Waals surface area contributed by atoms with Crippen molar-refractivity contribution in [2.24, 2.45) is 11.8 Å². The SMILES string of the molecule is CN1CCN(C(=O)C2CCN(C(=O)C3CCN(c4cccc(Br)c4)C3=O)CC2)CC1. The smallest absolute Gasteiger partial charge is 0.239 e. The molecule has 0 aromatic heterocycles. The molecular weight excluding hydrogens is 448 g/mol. The van der Waals surface area contributed by atoms with Gasteiger partial charge in [-0.25, -0.2) is 0 Å². The summed E-state index contributed by atoms with van der Waals surface area (Å²) >= 11 is 3.44. The average molecular weight is 477 g/mol. The molecule has 3 aliphatic rings. The number of likely N-dealkylation sites (N-methyl/N-ethyl adjacent to an activating group) is 1. The highest BCUT2D eigenvalue weighted by Gasteiger charge is 2.41. The van der Waals surface area contributed by atoms with Crippen LogP contribution in [0.3, 0.4) is 0 Å². The van der Waals surface area contributed by atoms with Crippen molar-refractivity contribution in [3.05, 3.63) is 28.7 Å². The van der Waals surface area contributed by atoms with Gasteiger partial charge in [0.15, 0.2) is 0 Å². The topological polar surface area (TPSA) is 64.2 Å². The molecule has 0 saturated carbocycles. The number of hydrogen-bond acceptors (Lipinski definition) is 4. The first-order chi connectivity index (χ1) is 14.4. The largest absolute Gasteiger partial charge is 0.342 e. The van der Waals surface area contributed by atoms with E-state index in [-0.39, 0.29) is 23.6 Å². The molecule has 3 fully saturated rings. The highest BCUT2D eigenvalue weighted by molar-refractivity contribution is 9.10. The van der Waals surface area contributed by atoms with E-state index in [0.29, 0.717) is 38.9 Å². The van der Waals surface area contributed by atoms with Crippen molar-refractivity contribution >= 4 is 39.3 Å². The van der Waals surface area contributed by atoms with Gasteiger partial charge in [-0.3, -0.25) is 14.4 Å². The summed E-state index contributed by atoms with van der Waals surface area (Å²) in [6.07, 6.45) is 1.92. The number of hydrogen-bond donors (Lipinski definition) is 0. The summed E-state index contributed by atoms with van der Waals surface area (Å²) in [7, 11) is 2.08. The zero-order valence-electron chi connectivity index (χ0n) is 17.4. The van der Waals surface area contributed by atoms with Gasteiger partial charge in [0.2, 0.25) is 17.7 Å². The minimum atomic E-state index is -0.603. The van der Waals surface area contributed by atoms with Crippen LogP contribution in [-0.2, 0) is 14.4 Å². The second-order valence-electron chi connectivity index (χ2n) is 8.54. The number of carbonyl (C=O) groups is 3. The van der Waals surface area contributed by atoms with Crippen molar-refractivity contribution in [1.82, 2.24) is 14.7 Å². The van der Waals surface area contributed by atoms with E-state index in [0.717, 1.165) is 36.3 Å². The summed E-state index contributed by atoms with van der Waals surface area (Å²) in [6.45, 7) is 5.09. The number of anilines is 1. The van der Waals surface area contributed by atoms with E-state index in [1.54, 1.807) is 9.80 Å². The Morgan fingerprint density at radius 2 is 1.57 bits per heavy atom. The fourth-order valence-electron chi connectivity index (χ4n) is 4.66. The van der Waals surface area contributed by atoms with E-state index in [1.807, 2.05) is 29.2 Å². The van der Waals surface area contributed by atoms with Crippen LogP contribution in [0.1, 0.15) is 19.3 Å². The quantitative estimate of drug-likeness (QED) is 0.624. The Morgan fingerprint density at radius 3 is 2.23 bits per heavy atom. The van der Waals surface area contributed by atoms with Crippen LogP contribution in [0.2, 0.25) is 0 Å². The molecule has 3 heterocycles. The molecule has 0 spiro atoms. The Hall–Kier alpha value is -1.93. The number of rotatable bonds is 3. The van der Waals surface area contributed by atoms with Gasteiger partial charge >= 0.3 is 0 Å². The fraction of sp³-hybridized carbons (Fsp3) is 0.591. The first kappa shape index (κ1) is 21.3. The summed E-state index contributed by atoms with van der Waals surface area (Å²) in [5.41, 5.74) is 0.821. The molecule has 3 saturated heterocycles. The van der Waals surface area contributed by atoms with Crippen LogP contribution in [0, 0.1) is 11.8 Å². The maximum absolute atomic E-state index is 13.0. The molecule has 7 nitrogen and oxygen atoms in total. The number of amides is 3. The molecule has 1 unspecified atom stereocenters. The average Bonchev–Trinajstić information content (AvgIpc) is 3.14. The molecule has 8 heteroatoms. The lowest BCUT2D eigenvalue weighted by atomic mass is 9.93. The van der Waals surface area contributed by atoms with Crippen LogP contribution >= 0.6 is 15.9 Å². The first-order valence-electron chi connectivity index (χ1n) is 10.8. The molecule has 3 amide bonds. The summed E-state index contributed by atoms with van der Waals surface area (Å²) in [5.74, 6) is -0.575. The minimum absolute atomic E-state index is 0.00472. The Morgan fingerprint density at radius 1 is 0.900 bits per heavy atom. The number of nitrogens with zero attached hydrogens (tertiary/aromatic N) is 4. The zero-order valence-corrected chi connectivity index (χ0v) is 19.0. The second-order valence-corrected chi connectivity index (χ2v) is 9.45. The maximum atomic E-state index is 13.0. The molecular formula is C22H29BrN4O3. The van der Waals surface area contributed by atoms with E-state index in [9.17, 15) is 14.4 Å². The molecule has 3 aliphatic heterocycles. The number of benzene rings is 1. The Balaban J connectivity index is 1.31. The summed E-state index contributed by atoms with van der Waals surface area (Å²) < 4.78 is 0.912. The van der Waals surface area contributed by atoms with E-state index in [4.69, 9.17) is 0 Å². The first-order valence-corrected chi connectivity index (χ1v) is 11.6. The molecule has 4 rings (SSSR count). The van der Waals surface area contributed by atoms with Crippen molar-refractivity contribution in [2.75, 3.05) is 57.8 Å². The number of halogens is 1. The van der Waals surface area contributed by atoms with Gasteiger partial charge in [-0.1, -0.05) is 22.0 Å². The molecule has 1 aromatic rings. The predicted molar refractivity (Wildman–Crippen MR) is 118 cm³/mol. The van der Waals surface area contributed by atoms with Crippen molar-refractivity contribution in [3.8, 4) is 0 Å². The van der Waals surface area contributed by atoms with E-state index >= 15 is 0 Å². The molecule has 0 bridgehead atoms. The highest BCUT2D eigenvalue weighted by Crippen LogP contribution is 2.30. The van der Waals surface area contributed by atoms with Gasteiger partial charge in [0.25, 0.3) is 0 Å². The number of piperidine rings is 1. The molecule has 1 atom stereocenters. The summed E-state index contributed by atoms with van der Waals surface area (Å²) in [5, 5.41) is 0. The van der Waals surface area contributed by atoms with Gasteiger partial charge in [-0.15, -0.1) is 0 Å². The van der Waals surface area contributed by atoms with Gasteiger partial charge in [-0.2, -0.15) is 0 Å². The molecule has 0 radical (unpaired) electrons. The van der Waals surface area contributed by atoms with Crippen LogP contribution in [0.25, 0.3) is 0 Å². The van der Waals surface area contributed by atoms with E-state index < -0.39 is 5.92 Å². The van der Waals surface area contributed by atoms with Gasteiger partial charge in [-0.05, 0) is 44.5 Å². The molecule has 0 N–H and O–H groups in total. The summed E-state index contributed by atoms with van der Waals surface area (Å²) in [4.78, 5) is 46.5.